The summed E-state index contributed by atoms with van der Waals surface area (Å²) < 4.78 is 40.4. The molecule has 2 heterocycles. The van der Waals surface area contributed by atoms with Crippen molar-refractivity contribution in [2.45, 2.75) is 50.9 Å². The van der Waals surface area contributed by atoms with Crippen LogP contribution in [0.3, 0.4) is 0 Å². The Hall–Kier alpha value is -5.69. The number of nitrogens with two attached hydrogens (primary N) is 3. The lowest BCUT2D eigenvalue weighted by atomic mass is 9.96. The van der Waals surface area contributed by atoms with E-state index in [1.54, 1.807) is 18.2 Å². The van der Waals surface area contributed by atoms with Crippen LogP contribution in [0.15, 0.2) is 91.1 Å². The lowest BCUT2D eigenvalue weighted by molar-refractivity contribution is -0.142. The van der Waals surface area contributed by atoms with Crippen LogP contribution in [0.4, 0.5) is 19.0 Å². The molecule has 1 aliphatic rings. The highest BCUT2D eigenvalue weighted by Crippen LogP contribution is 2.33. The number of nitrogen functional groups attached to an aromatic ring is 2. The van der Waals surface area contributed by atoms with Crippen LogP contribution in [-0.4, -0.2) is 37.6 Å². The zero-order valence-electron chi connectivity index (χ0n) is 26.5. The number of nitrogens with one attached hydrogen (secondary N) is 1. The molecule has 0 bridgehead atoms. The van der Waals surface area contributed by atoms with E-state index in [9.17, 15) is 22.8 Å². The first-order chi connectivity index (χ1) is 23.5. The van der Waals surface area contributed by atoms with Gasteiger partial charge in [0.15, 0.2) is 0 Å². The van der Waals surface area contributed by atoms with Gasteiger partial charge in [-0.25, -0.2) is 10.5 Å². The van der Waals surface area contributed by atoms with Gasteiger partial charge >= 0.3 is 6.18 Å². The van der Waals surface area contributed by atoms with E-state index < -0.39 is 24.4 Å². The second-order valence-corrected chi connectivity index (χ2v) is 12.0. The van der Waals surface area contributed by atoms with Crippen LogP contribution in [0, 0.1) is 0 Å². The number of benzene rings is 4. The van der Waals surface area contributed by atoms with Crippen LogP contribution in [0.2, 0.25) is 0 Å². The molecule has 7 rings (SSSR count). The van der Waals surface area contributed by atoms with Crippen molar-refractivity contribution in [3.8, 4) is 22.5 Å². The third-order valence-corrected chi connectivity index (χ3v) is 8.67. The van der Waals surface area contributed by atoms with Crippen molar-refractivity contribution in [2.75, 3.05) is 5.73 Å². The Balaban J connectivity index is 0.000000170. The van der Waals surface area contributed by atoms with E-state index in [1.165, 1.54) is 24.6 Å². The SMILES string of the molecule is NC(=O)c1c(-c2ccc3ccccc3c2)nn(CC(F)(F)F)c1N.NNC(=O)c1cn(C2CCCCC2)nc1-c1ccc2ccccc2c1. The number of nitrogens with zero attached hydrogens (tertiary/aromatic N) is 4. The molecular formula is C36H35F3N8O2. The average Bonchev–Trinajstić information content (AvgIpc) is 3.69. The van der Waals surface area contributed by atoms with Gasteiger partial charge in [0.05, 0.1) is 11.6 Å². The van der Waals surface area contributed by atoms with Crippen molar-refractivity contribution in [1.29, 1.82) is 0 Å². The smallest absolute Gasteiger partial charge is 0.383 e. The average molecular weight is 669 g/mol. The molecule has 0 atom stereocenters. The summed E-state index contributed by atoms with van der Waals surface area (Å²) in [5.74, 6) is 3.77. The predicted molar refractivity (Wildman–Crippen MR) is 183 cm³/mol. The molecule has 0 radical (unpaired) electrons. The number of alkyl halides is 3. The fourth-order valence-electron chi connectivity index (χ4n) is 6.26. The highest BCUT2D eigenvalue weighted by molar-refractivity contribution is 6.04. The Morgan fingerprint density at radius 1 is 0.796 bits per heavy atom. The minimum absolute atomic E-state index is 0.0370. The van der Waals surface area contributed by atoms with Crippen molar-refractivity contribution in [3.63, 3.8) is 0 Å². The van der Waals surface area contributed by atoms with Gasteiger partial charge < -0.3 is 11.5 Å². The van der Waals surface area contributed by atoms with Crippen molar-refractivity contribution < 1.29 is 22.8 Å². The fraction of sp³-hybridized carbons (Fsp3) is 0.222. The van der Waals surface area contributed by atoms with Crippen molar-refractivity contribution in [3.05, 3.63) is 102 Å². The first kappa shape index (κ1) is 33.2. The van der Waals surface area contributed by atoms with Gasteiger partial charge in [0, 0.05) is 17.3 Å². The molecule has 0 saturated heterocycles. The molecule has 252 valence electrons. The summed E-state index contributed by atoms with van der Waals surface area (Å²) in [4.78, 5) is 23.9. The number of hydrazine groups is 1. The van der Waals surface area contributed by atoms with Crippen molar-refractivity contribution in [2.24, 2.45) is 11.6 Å². The molecule has 49 heavy (non-hydrogen) atoms. The summed E-state index contributed by atoms with van der Waals surface area (Å²) in [7, 11) is 0. The van der Waals surface area contributed by atoms with E-state index in [-0.39, 0.29) is 17.2 Å². The molecular weight excluding hydrogens is 633 g/mol. The topological polar surface area (TPSA) is 160 Å². The summed E-state index contributed by atoms with van der Waals surface area (Å²) in [6.45, 7) is -1.40. The van der Waals surface area contributed by atoms with E-state index in [1.807, 2.05) is 53.3 Å². The van der Waals surface area contributed by atoms with Crippen LogP contribution in [0.5, 0.6) is 0 Å². The number of carbonyl (C=O) groups is 2. The maximum absolute atomic E-state index is 12.6. The molecule has 0 unspecified atom stereocenters. The molecule has 13 heteroatoms. The molecule has 0 aliphatic heterocycles. The van der Waals surface area contributed by atoms with Crippen LogP contribution in [0.1, 0.15) is 58.9 Å². The van der Waals surface area contributed by atoms with Gasteiger partial charge in [0.1, 0.15) is 29.3 Å². The Kier molecular flexibility index (Phi) is 9.36. The number of carbonyl (C=O) groups excluding carboxylic acids is 2. The summed E-state index contributed by atoms with van der Waals surface area (Å²) in [5.41, 5.74) is 15.7. The van der Waals surface area contributed by atoms with Crippen molar-refractivity contribution >= 4 is 39.2 Å². The van der Waals surface area contributed by atoms with Crippen LogP contribution in [0.25, 0.3) is 44.1 Å². The molecule has 10 nitrogen and oxygen atoms in total. The van der Waals surface area contributed by atoms with E-state index in [2.05, 4.69) is 34.8 Å². The summed E-state index contributed by atoms with van der Waals surface area (Å²) in [6.07, 6.45) is 3.28. The van der Waals surface area contributed by atoms with Crippen LogP contribution < -0.4 is 22.7 Å². The normalized spacial score (nSPS) is 13.6. The molecule has 6 aromatic rings. The number of halogens is 3. The molecule has 2 aromatic heterocycles. The van der Waals surface area contributed by atoms with Gasteiger partial charge in [-0.1, -0.05) is 92.1 Å². The first-order valence-corrected chi connectivity index (χ1v) is 15.8. The number of hydrogen-bond donors (Lipinski definition) is 4. The quantitative estimate of drug-likeness (QED) is 0.0872. The molecule has 1 aliphatic carbocycles. The van der Waals surface area contributed by atoms with Gasteiger partial charge in [-0.3, -0.25) is 19.7 Å². The molecule has 0 spiro atoms. The van der Waals surface area contributed by atoms with Gasteiger partial charge in [-0.15, -0.1) is 0 Å². The number of anilines is 1. The molecule has 7 N–H and O–H groups in total. The third kappa shape index (κ3) is 7.26. The summed E-state index contributed by atoms with van der Waals surface area (Å²) in [6, 6.07) is 27.3. The summed E-state index contributed by atoms with van der Waals surface area (Å²) in [5, 5.41) is 12.7. The largest absolute Gasteiger partial charge is 0.408 e. The number of aromatic nitrogens is 4. The summed E-state index contributed by atoms with van der Waals surface area (Å²) >= 11 is 0. The van der Waals surface area contributed by atoms with Gasteiger partial charge in [0.25, 0.3) is 11.8 Å². The maximum Gasteiger partial charge on any atom is 0.408 e. The standard InChI is InChI=1S/C20H22N4O.C16H13F3N4O/c21-22-20(25)18-13-24(17-8-2-1-3-9-17)23-19(18)16-11-10-14-6-4-5-7-15(14)12-16;17-16(18,19)8-23-14(20)12(15(21)24)13(22-23)11-6-5-9-3-1-2-4-10(9)7-11/h4-7,10-13,17H,1-3,8-9,21H2,(H,22,25);1-7H,8,20H2,(H2,21,24). The fourth-order valence-corrected chi connectivity index (χ4v) is 6.26. The van der Waals surface area contributed by atoms with E-state index >= 15 is 0 Å². The molecule has 4 aromatic carbocycles. The minimum atomic E-state index is -4.52. The first-order valence-electron chi connectivity index (χ1n) is 15.8. The van der Waals surface area contributed by atoms with E-state index in [4.69, 9.17) is 22.4 Å². The third-order valence-electron chi connectivity index (χ3n) is 8.67. The predicted octanol–water partition coefficient (Wildman–Crippen LogP) is 6.76. The van der Waals surface area contributed by atoms with E-state index in [0.29, 0.717) is 27.5 Å². The zero-order valence-corrected chi connectivity index (χ0v) is 26.5. The maximum atomic E-state index is 12.6. The van der Waals surface area contributed by atoms with Gasteiger partial charge in [-0.2, -0.15) is 23.4 Å². The Bertz CT molecular complexity index is 2150. The number of amides is 2. The number of hydrogen-bond acceptors (Lipinski definition) is 6. The van der Waals surface area contributed by atoms with Gasteiger partial charge in [0.2, 0.25) is 0 Å². The van der Waals surface area contributed by atoms with Crippen LogP contribution in [-0.2, 0) is 6.54 Å². The Morgan fingerprint density at radius 3 is 1.88 bits per heavy atom. The number of rotatable bonds is 6. The van der Waals surface area contributed by atoms with E-state index in [0.717, 1.165) is 34.6 Å². The lowest BCUT2D eigenvalue weighted by Gasteiger charge is -2.21. The highest BCUT2D eigenvalue weighted by atomic mass is 19.4. The monoisotopic (exact) mass is 668 g/mol. The Labute approximate surface area is 279 Å². The Morgan fingerprint density at radius 2 is 1.35 bits per heavy atom. The number of primary amides is 1. The minimum Gasteiger partial charge on any atom is -0.383 e. The zero-order chi connectivity index (χ0) is 34.7. The highest BCUT2D eigenvalue weighted by Gasteiger charge is 2.32. The second-order valence-electron chi connectivity index (χ2n) is 12.0. The molecule has 1 saturated carbocycles. The van der Waals surface area contributed by atoms with Crippen LogP contribution >= 0.6 is 0 Å². The lowest BCUT2D eigenvalue weighted by Crippen LogP contribution is -2.30. The van der Waals surface area contributed by atoms with Gasteiger partial charge in [-0.05, 0) is 46.5 Å². The number of fused-ring (bicyclic) bond motifs is 2. The second kappa shape index (κ2) is 13.8. The molecule has 1 fully saturated rings. The van der Waals surface area contributed by atoms with Crippen molar-refractivity contribution in [1.82, 2.24) is 25.0 Å². The molecule has 2 amide bonds.